The fourth-order valence-electron chi connectivity index (χ4n) is 2.75. The van der Waals surface area contributed by atoms with Crippen LogP contribution in [0.15, 0.2) is 5.38 Å². The number of aromatic nitrogens is 1. The Morgan fingerprint density at radius 3 is 2.55 bits per heavy atom. The van der Waals surface area contributed by atoms with Gasteiger partial charge in [0.1, 0.15) is 16.6 Å². The van der Waals surface area contributed by atoms with E-state index in [1.165, 1.54) is 11.3 Å². The Morgan fingerprint density at radius 2 is 2.05 bits per heavy atom. The minimum Gasteiger partial charge on any atom is -0.343 e. The highest BCUT2D eigenvalue weighted by atomic mass is 32.1. The third-order valence-corrected chi connectivity index (χ3v) is 5.00. The van der Waals surface area contributed by atoms with Crippen LogP contribution in [0, 0.1) is 6.92 Å². The number of nitrogens with one attached hydrogen (secondary N) is 1. The zero-order valence-corrected chi connectivity index (χ0v) is 13.2. The minimum absolute atomic E-state index is 0.0267. The number of carbonyl (C=O) groups is 2. The molecule has 0 radical (unpaired) electrons. The molecule has 1 unspecified atom stereocenters. The summed E-state index contributed by atoms with van der Waals surface area (Å²) in [7, 11) is 0. The van der Waals surface area contributed by atoms with Crippen molar-refractivity contribution in [2.45, 2.75) is 58.7 Å². The standard InChI is InChI=1S/C14H21N3O2S/c1-5-14(6-2)13(19)16-10(4)12(18)17(14)7-11-15-9(3)8-20-11/h8,10H,5-7H2,1-4H3,(H,16,19). The van der Waals surface area contributed by atoms with E-state index >= 15 is 0 Å². The van der Waals surface area contributed by atoms with Crippen molar-refractivity contribution in [1.82, 2.24) is 15.2 Å². The number of hydrogen-bond donors (Lipinski definition) is 1. The van der Waals surface area contributed by atoms with E-state index in [1.807, 2.05) is 26.2 Å². The number of rotatable bonds is 4. The quantitative estimate of drug-likeness (QED) is 0.922. The molecule has 1 aliphatic heterocycles. The van der Waals surface area contributed by atoms with Crippen LogP contribution in [0.5, 0.6) is 0 Å². The molecule has 1 saturated heterocycles. The van der Waals surface area contributed by atoms with Crippen LogP contribution in [0.1, 0.15) is 44.3 Å². The second-order valence-corrected chi connectivity index (χ2v) is 6.18. The molecule has 1 aliphatic rings. The van der Waals surface area contributed by atoms with Gasteiger partial charge in [0.25, 0.3) is 0 Å². The van der Waals surface area contributed by atoms with E-state index in [2.05, 4.69) is 10.3 Å². The number of amides is 2. The Morgan fingerprint density at radius 1 is 1.40 bits per heavy atom. The van der Waals surface area contributed by atoms with Crippen LogP contribution in [0.4, 0.5) is 0 Å². The summed E-state index contributed by atoms with van der Waals surface area (Å²) in [4.78, 5) is 31.1. The zero-order chi connectivity index (χ0) is 14.9. The van der Waals surface area contributed by atoms with Gasteiger partial charge < -0.3 is 10.2 Å². The summed E-state index contributed by atoms with van der Waals surface area (Å²) in [5.41, 5.74) is 0.203. The second-order valence-electron chi connectivity index (χ2n) is 5.24. The Kier molecular flexibility index (Phi) is 4.13. The maximum Gasteiger partial charge on any atom is 0.246 e. The molecule has 2 rings (SSSR count). The summed E-state index contributed by atoms with van der Waals surface area (Å²) in [5, 5.41) is 5.64. The lowest BCUT2D eigenvalue weighted by molar-refractivity contribution is -0.158. The molecule has 1 N–H and O–H groups in total. The van der Waals surface area contributed by atoms with Crippen LogP contribution in [0.2, 0.25) is 0 Å². The zero-order valence-electron chi connectivity index (χ0n) is 12.4. The lowest BCUT2D eigenvalue weighted by atomic mass is 9.86. The van der Waals surface area contributed by atoms with Crippen molar-refractivity contribution in [2.75, 3.05) is 0 Å². The van der Waals surface area contributed by atoms with E-state index in [-0.39, 0.29) is 11.8 Å². The van der Waals surface area contributed by atoms with Gasteiger partial charge in [0.05, 0.1) is 6.54 Å². The Bertz CT molecular complexity index is 522. The molecule has 5 nitrogen and oxygen atoms in total. The minimum atomic E-state index is -0.747. The van der Waals surface area contributed by atoms with E-state index in [9.17, 15) is 9.59 Å². The smallest absolute Gasteiger partial charge is 0.246 e. The monoisotopic (exact) mass is 295 g/mol. The number of nitrogens with zero attached hydrogens (tertiary/aromatic N) is 2. The lowest BCUT2D eigenvalue weighted by Crippen LogP contribution is -2.69. The molecular formula is C14H21N3O2S. The topological polar surface area (TPSA) is 62.3 Å². The summed E-state index contributed by atoms with van der Waals surface area (Å²) in [6, 6.07) is -0.463. The number of carbonyl (C=O) groups excluding carboxylic acids is 2. The van der Waals surface area contributed by atoms with Gasteiger partial charge in [0.2, 0.25) is 11.8 Å². The predicted molar refractivity (Wildman–Crippen MR) is 78.3 cm³/mol. The first-order valence-corrected chi connectivity index (χ1v) is 7.86. The van der Waals surface area contributed by atoms with E-state index in [4.69, 9.17) is 0 Å². The molecule has 2 amide bonds. The molecule has 0 aliphatic carbocycles. The molecule has 2 heterocycles. The van der Waals surface area contributed by atoms with Crippen molar-refractivity contribution in [3.8, 4) is 0 Å². The molecule has 1 atom stereocenters. The van der Waals surface area contributed by atoms with E-state index in [0.717, 1.165) is 10.7 Å². The molecular weight excluding hydrogens is 274 g/mol. The molecule has 0 bridgehead atoms. The molecule has 0 aromatic carbocycles. The van der Waals surface area contributed by atoms with Crippen molar-refractivity contribution in [2.24, 2.45) is 0 Å². The lowest BCUT2D eigenvalue weighted by Gasteiger charge is -2.46. The number of aryl methyl sites for hydroxylation is 1. The van der Waals surface area contributed by atoms with Gasteiger partial charge in [-0.05, 0) is 26.7 Å². The van der Waals surface area contributed by atoms with Crippen molar-refractivity contribution < 1.29 is 9.59 Å². The molecule has 1 fully saturated rings. The Hall–Kier alpha value is -1.43. The Labute approximate surface area is 123 Å². The maximum absolute atomic E-state index is 12.5. The largest absolute Gasteiger partial charge is 0.343 e. The first kappa shape index (κ1) is 15.0. The van der Waals surface area contributed by atoms with Crippen molar-refractivity contribution >= 4 is 23.2 Å². The van der Waals surface area contributed by atoms with Crippen molar-refractivity contribution in [3.05, 3.63) is 16.1 Å². The molecule has 0 spiro atoms. The SMILES string of the molecule is CCC1(CC)C(=O)NC(C)C(=O)N1Cc1nc(C)cs1. The van der Waals surface area contributed by atoms with E-state index in [1.54, 1.807) is 11.8 Å². The summed E-state index contributed by atoms with van der Waals surface area (Å²) in [6.45, 7) is 7.98. The predicted octanol–water partition coefficient (Wildman–Crippen LogP) is 1.86. The summed E-state index contributed by atoms with van der Waals surface area (Å²) in [6.07, 6.45) is 1.22. The van der Waals surface area contributed by atoms with Crippen LogP contribution in [0.3, 0.4) is 0 Å². The van der Waals surface area contributed by atoms with Crippen LogP contribution < -0.4 is 5.32 Å². The van der Waals surface area contributed by atoms with Crippen LogP contribution in [-0.2, 0) is 16.1 Å². The normalized spacial score (nSPS) is 22.0. The highest BCUT2D eigenvalue weighted by Gasteiger charge is 2.49. The van der Waals surface area contributed by atoms with Gasteiger partial charge in [-0.3, -0.25) is 9.59 Å². The van der Waals surface area contributed by atoms with Gasteiger partial charge in [-0.2, -0.15) is 0 Å². The fraction of sp³-hybridized carbons (Fsp3) is 0.643. The number of piperazine rings is 1. The highest BCUT2D eigenvalue weighted by molar-refractivity contribution is 7.09. The molecule has 20 heavy (non-hydrogen) atoms. The number of thiazole rings is 1. The molecule has 1 aromatic rings. The number of hydrogen-bond acceptors (Lipinski definition) is 4. The first-order valence-electron chi connectivity index (χ1n) is 6.98. The highest BCUT2D eigenvalue weighted by Crippen LogP contribution is 2.31. The molecule has 110 valence electrons. The van der Waals surface area contributed by atoms with Gasteiger partial charge in [-0.25, -0.2) is 4.98 Å². The van der Waals surface area contributed by atoms with Crippen molar-refractivity contribution in [1.29, 1.82) is 0 Å². The third kappa shape index (κ3) is 2.32. The summed E-state index contributed by atoms with van der Waals surface area (Å²) >= 11 is 1.53. The van der Waals surface area contributed by atoms with Gasteiger partial charge in [0.15, 0.2) is 0 Å². The van der Waals surface area contributed by atoms with Gasteiger partial charge in [-0.15, -0.1) is 11.3 Å². The van der Waals surface area contributed by atoms with E-state index in [0.29, 0.717) is 19.4 Å². The summed E-state index contributed by atoms with van der Waals surface area (Å²) < 4.78 is 0. The second kappa shape index (κ2) is 5.52. The van der Waals surface area contributed by atoms with Crippen LogP contribution in [0.25, 0.3) is 0 Å². The molecule has 0 saturated carbocycles. The third-order valence-electron chi connectivity index (χ3n) is 4.05. The fourth-order valence-corrected chi connectivity index (χ4v) is 3.51. The van der Waals surface area contributed by atoms with Gasteiger partial charge in [-0.1, -0.05) is 13.8 Å². The average Bonchev–Trinajstić information content (AvgIpc) is 2.82. The maximum atomic E-state index is 12.5. The van der Waals surface area contributed by atoms with Crippen LogP contribution in [-0.4, -0.2) is 33.3 Å². The van der Waals surface area contributed by atoms with Gasteiger partial charge >= 0.3 is 0 Å². The summed E-state index contributed by atoms with van der Waals surface area (Å²) in [5.74, 6) is -0.0796. The van der Waals surface area contributed by atoms with Gasteiger partial charge in [0, 0.05) is 11.1 Å². The van der Waals surface area contributed by atoms with Crippen LogP contribution >= 0.6 is 11.3 Å². The molecule has 1 aromatic heterocycles. The van der Waals surface area contributed by atoms with E-state index < -0.39 is 11.6 Å². The first-order chi connectivity index (χ1) is 9.44. The Balaban J connectivity index is 2.36. The molecule has 6 heteroatoms. The average molecular weight is 295 g/mol. The van der Waals surface area contributed by atoms with Crippen molar-refractivity contribution in [3.63, 3.8) is 0 Å².